The molecule has 0 aromatic heterocycles. The highest BCUT2D eigenvalue weighted by Gasteiger charge is 2.18. The minimum atomic E-state index is -0.890. The van der Waals surface area contributed by atoms with Crippen molar-refractivity contribution in [3.8, 4) is 0 Å². The molecule has 10 heavy (non-hydrogen) atoms. The van der Waals surface area contributed by atoms with Crippen LogP contribution in [-0.2, 0) is 0 Å². The van der Waals surface area contributed by atoms with Gasteiger partial charge in [-0.05, 0) is 11.1 Å². The van der Waals surface area contributed by atoms with Gasteiger partial charge in [0.25, 0.3) is 0 Å². The average Bonchev–Trinajstić information content (AvgIpc) is 2.00. The van der Waals surface area contributed by atoms with Crippen LogP contribution in [0.4, 0.5) is 0 Å². The van der Waals surface area contributed by atoms with Gasteiger partial charge in [-0.1, -0.05) is 40.5 Å². The standard InChI is InChI=1S/C8H21NSi/c1-5-7(3)10(9)8(4)6-2/h7-8,10H,5-6,9H2,1-4H3. The number of rotatable bonds is 4. The van der Waals surface area contributed by atoms with Gasteiger partial charge in [-0.15, -0.1) is 0 Å². The van der Waals surface area contributed by atoms with Gasteiger partial charge in [0.1, 0.15) is 8.96 Å². The van der Waals surface area contributed by atoms with Crippen LogP contribution in [0.25, 0.3) is 0 Å². The van der Waals surface area contributed by atoms with E-state index >= 15 is 0 Å². The van der Waals surface area contributed by atoms with Crippen LogP contribution in [0.2, 0.25) is 11.1 Å². The van der Waals surface area contributed by atoms with Gasteiger partial charge in [0.05, 0.1) is 0 Å². The predicted molar refractivity (Wildman–Crippen MR) is 50.8 cm³/mol. The molecular formula is C8H21NSi. The van der Waals surface area contributed by atoms with Crippen LogP contribution in [0.1, 0.15) is 40.5 Å². The molecule has 0 bridgehead atoms. The topological polar surface area (TPSA) is 26.0 Å². The number of nitrogens with two attached hydrogens (primary N) is 1. The first-order chi connectivity index (χ1) is 4.63. The van der Waals surface area contributed by atoms with Crippen LogP contribution >= 0.6 is 0 Å². The summed E-state index contributed by atoms with van der Waals surface area (Å²) in [7, 11) is -0.890. The Hall–Kier alpha value is 0.177. The Morgan fingerprint density at radius 2 is 1.40 bits per heavy atom. The third kappa shape index (κ3) is 2.84. The summed E-state index contributed by atoms with van der Waals surface area (Å²) in [6.45, 7) is 9.06. The number of hydrogen-bond acceptors (Lipinski definition) is 1. The first-order valence-electron chi connectivity index (χ1n) is 4.39. The first kappa shape index (κ1) is 10.2. The third-order valence-corrected chi connectivity index (χ3v) is 6.17. The molecule has 0 fully saturated rings. The molecule has 2 atom stereocenters. The predicted octanol–water partition coefficient (Wildman–Crippen LogP) is 2.27. The zero-order valence-corrected chi connectivity index (χ0v) is 8.88. The van der Waals surface area contributed by atoms with Gasteiger partial charge in [0, 0.05) is 0 Å². The molecule has 0 aliphatic carbocycles. The second-order valence-corrected chi connectivity index (χ2v) is 6.78. The second kappa shape index (κ2) is 4.91. The summed E-state index contributed by atoms with van der Waals surface area (Å²) in [5.41, 5.74) is 1.63. The minimum Gasteiger partial charge on any atom is -0.353 e. The Balaban J connectivity index is 3.69. The fourth-order valence-electron chi connectivity index (χ4n) is 1.11. The zero-order valence-electron chi connectivity index (χ0n) is 7.72. The molecule has 62 valence electrons. The van der Waals surface area contributed by atoms with E-state index in [1.807, 2.05) is 0 Å². The van der Waals surface area contributed by atoms with E-state index < -0.39 is 8.96 Å². The molecule has 2 unspecified atom stereocenters. The van der Waals surface area contributed by atoms with E-state index in [0.29, 0.717) is 0 Å². The molecule has 0 aromatic carbocycles. The maximum absolute atomic E-state index is 6.12. The van der Waals surface area contributed by atoms with Gasteiger partial charge < -0.3 is 5.40 Å². The van der Waals surface area contributed by atoms with Crippen LogP contribution in [0, 0.1) is 0 Å². The molecule has 0 heterocycles. The Labute approximate surface area is 66.7 Å². The lowest BCUT2D eigenvalue weighted by molar-refractivity contribution is 0.778. The summed E-state index contributed by atoms with van der Waals surface area (Å²) in [6.07, 6.45) is 2.52. The molecule has 0 saturated carbocycles. The third-order valence-electron chi connectivity index (χ3n) is 2.60. The van der Waals surface area contributed by atoms with E-state index in [2.05, 4.69) is 27.7 Å². The Kier molecular flexibility index (Phi) is 5.00. The molecule has 0 amide bonds. The van der Waals surface area contributed by atoms with E-state index in [-0.39, 0.29) is 0 Å². The zero-order chi connectivity index (χ0) is 8.15. The van der Waals surface area contributed by atoms with Crippen molar-refractivity contribution in [2.24, 2.45) is 5.40 Å². The Bertz CT molecular complexity index is 75.3. The van der Waals surface area contributed by atoms with Crippen molar-refractivity contribution < 1.29 is 0 Å². The normalized spacial score (nSPS) is 20.1. The SMILES string of the molecule is CCC(C)[SiH](N)C(C)CC. The molecule has 0 rings (SSSR count). The lowest BCUT2D eigenvalue weighted by Crippen LogP contribution is -2.34. The highest BCUT2D eigenvalue weighted by Crippen LogP contribution is 2.21. The van der Waals surface area contributed by atoms with Gasteiger partial charge in [0.2, 0.25) is 0 Å². The monoisotopic (exact) mass is 159 g/mol. The van der Waals surface area contributed by atoms with Crippen LogP contribution in [0.3, 0.4) is 0 Å². The Morgan fingerprint density at radius 3 is 1.60 bits per heavy atom. The molecule has 2 heteroatoms. The van der Waals surface area contributed by atoms with E-state index in [4.69, 9.17) is 5.40 Å². The number of hydrogen-bond donors (Lipinski definition) is 1. The van der Waals surface area contributed by atoms with Crippen molar-refractivity contribution in [1.29, 1.82) is 0 Å². The maximum atomic E-state index is 6.12. The van der Waals surface area contributed by atoms with E-state index in [9.17, 15) is 0 Å². The average molecular weight is 159 g/mol. The maximum Gasteiger partial charge on any atom is 0.111 e. The summed E-state index contributed by atoms with van der Waals surface area (Å²) >= 11 is 0. The molecule has 0 spiro atoms. The van der Waals surface area contributed by atoms with Gasteiger partial charge in [-0.25, -0.2) is 0 Å². The van der Waals surface area contributed by atoms with Crippen LogP contribution in [-0.4, -0.2) is 8.96 Å². The van der Waals surface area contributed by atoms with Crippen molar-refractivity contribution in [2.45, 2.75) is 51.6 Å². The molecule has 0 radical (unpaired) electrons. The largest absolute Gasteiger partial charge is 0.353 e. The van der Waals surface area contributed by atoms with Gasteiger partial charge >= 0.3 is 0 Å². The molecule has 0 aliphatic heterocycles. The molecule has 0 saturated heterocycles. The lowest BCUT2D eigenvalue weighted by atomic mass is 10.4. The lowest BCUT2D eigenvalue weighted by Gasteiger charge is -2.21. The Morgan fingerprint density at radius 1 is 1.10 bits per heavy atom. The van der Waals surface area contributed by atoms with E-state index in [1.165, 1.54) is 12.8 Å². The smallest absolute Gasteiger partial charge is 0.111 e. The molecule has 1 nitrogen and oxygen atoms in total. The van der Waals surface area contributed by atoms with E-state index in [0.717, 1.165) is 11.1 Å². The van der Waals surface area contributed by atoms with Crippen molar-refractivity contribution in [3.63, 3.8) is 0 Å². The van der Waals surface area contributed by atoms with Crippen molar-refractivity contribution in [3.05, 3.63) is 0 Å². The van der Waals surface area contributed by atoms with Crippen molar-refractivity contribution in [1.82, 2.24) is 0 Å². The van der Waals surface area contributed by atoms with Crippen LogP contribution < -0.4 is 5.40 Å². The molecule has 0 aliphatic rings. The highest BCUT2D eigenvalue weighted by molar-refractivity contribution is 6.58. The van der Waals surface area contributed by atoms with Crippen LogP contribution in [0.15, 0.2) is 0 Å². The summed E-state index contributed by atoms with van der Waals surface area (Å²) in [4.78, 5) is 0. The minimum absolute atomic E-state index is 0.815. The fraction of sp³-hybridized carbons (Fsp3) is 1.00. The molecular weight excluding hydrogens is 138 g/mol. The van der Waals surface area contributed by atoms with Crippen molar-refractivity contribution in [2.75, 3.05) is 0 Å². The summed E-state index contributed by atoms with van der Waals surface area (Å²) in [5.74, 6) is 0. The van der Waals surface area contributed by atoms with E-state index in [1.54, 1.807) is 0 Å². The van der Waals surface area contributed by atoms with Crippen molar-refractivity contribution >= 4 is 8.96 Å². The summed E-state index contributed by atoms with van der Waals surface area (Å²) in [6, 6.07) is 0. The highest BCUT2D eigenvalue weighted by atomic mass is 28.3. The van der Waals surface area contributed by atoms with Crippen LogP contribution in [0.5, 0.6) is 0 Å². The fourth-order valence-corrected chi connectivity index (χ4v) is 3.32. The summed E-state index contributed by atoms with van der Waals surface area (Å²) < 4.78 is 0. The van der Waals surface area contributed by atoms with Gasteiger partial charge in [-0.3, -0.25) is 0 Å². The summed E-state index contributed by atoms with van der Waals surface area (Å²) in [5, 5.41) is 6.12. The molecule has 0 aromatic rings. The van der Waals surface area contributed by atoms with Gasteiger partial charge in [-0.2, -0.15) is 0 Å². The van der Waals surface area contributed by atoms with Gasteiger partial charge in [0.15, 0.2) is 0 Å². The molecule has 2 N–H and O–H groups in total. The quantitative estimate of drug-likeness (QED) is 0.626. The first-order valence-corrected chi connectivity index (χ1v) is 6.39. The second-order valence-electron chi connectivity index (χ2n) is 3.35.